The van der Waals surface area contributed by atoms with E-state index in [1.54, 1.807) is 48.0 Å². The van der Waals surface area contributed by atoms with Gasteiger partial charge in [0.05, 0.1) is 18.1 Å². The second kappa shape index (κ2) is 25.6. The Bertz CT molecular complexity index is 2500. The van der Waals surface area contributed by atoms with Crippen molar-refractivity contribution in [1.29, 1.82) is 0 Å². The lowest BCUT2D eigenvalue weighted by Crippen LogP contribution is -2.57. The van der Waals surface area contributed by atoms with Crippen LogP contribution in [0.15, 0.2) is 72.8 Å². The standard InChI is InChI=1S/C62H82N8O8/c1-5-37(2)56(72)68-55(42-20-10-7-11-21-42)62(78)70-36-46(33-53(70)60(76)67-51-31-29-41-19-13-15-23-48(41)51)65-58(74)44-26-24-43(25-27-44)57(73)64-45-32-52(59(75)66-50-30-28-40-18-12-14-22-47(40)50)69(35-45)61(77)49(34-54(71)38(3)63-4)39-16-8-6-9-17-39/h12-15,18-19,22-27,37-39,42,45-46,49-53,55,63H,5-11,16-17,20-21,28-36H2,1-4H3,(H,64,73)(H,65,74)(H,66,75)(H,67,76)(H,68,72)/t37-,38+,45+,46+,49+,50+,51+,52+,53+,55+/m1/s1. The second-order valence-electron chi connectivity index (χ2n) is 23.4. The number of rotatable bonds is 19. The van der Waals surface area contributed by atoms with Gasteiger partial charge in [-0.3, -0.25) is 38.4 Å². The summed E-state index contributed by atoms with van der Waals surface area (Å²) in [5, 5.41) is 18.8. The average molecular weight is 1070 g/mol. The summed E-state index contributed by atoms with van der Waals surface area (Å²) in [6.45, 7) is 5.76. The van der Waals surface area contributed by atoms with Crippen LogP contribution in [0.1, 0.15) is 179 Å². The van der Waals surface area contributed by atoms with Gasteiger partial charge < -0.3 is 41.7 Å². The maximum atomic E-state index is 14.9. The first kappa shape index (κ1) is 56.3. The van der Waals surface area contributed by atoms with Crippen molar-refractivity contribution >= 4 is 47.1 Å². The summed E-state index contributed by atoms with van der Waals surface area (Å²) in [6, 6.07) is 17.8. The van der Waals surface area contributed by atoms with Crippen LogP contribution >= 0.6 is 0 Å². The lowest BCUT2D eigenvalue weighted by molar-refractivity contribution is -0.145. The fraction of sp³-hybridized carbons (Fsp3) is 0.581. The summed E-state index contributed by atoms with van der Waals surface area (Å²) < 4.78 is 0. The van der Waals surface area contributed by atoms with E-state index >= 15 is 0 Å². The highest BCUT2D eigenvalue weighted by Crippen LogP contribution is 2.37. The Morgan fingerprint density at radius 1 is 0.564 bits per heavy atom. The van der Waals surface area contributed by atoms with Crippen LogP contribution in [0, 0.1) is 23.7 Å². The number of carbonyl (C=O) groups excluding carboxylic acids is 8. The number of hydrogen-bond donors (Lipinski definition) is 6. The highest BCUT2D eigenvalue weighted by molar-refractivity contribution is 5.99. The minimum absolute atomic E-state index is 0.0116. The largest absolute Gasteiger partial charge is 0.347 e. The summed E-state index contributed by atoms with van der Waals surface area (Å²) in [4.78, 5) is 117. The van der Waals surface area contributed by atoms with E-state index in [0.717, 1.165) is 101 Å². The molecule has 0 unspecified atom stereocenters. The summed E-state index contributed by atoms with van der Waals surface area (Å²) in [6.07, 6.45) is 13.5. The molecule has 6 N–H and O–H groups in total. The SMILES string of the molecule is CC[C@@H](C)C(=O)N[C@H](C(=O)N1C[C@@H](NC(=O)c2ccc(C(=O)N[C@H]3C[C@@H](C(=O)N[C@H]4CCc5ccccc54)N(C(=O)[C@@H](CC(=O)[C@H](C)NC)C4CCCCC4)C3)cc2)C[C@H]1C(=O)N[C@H]1CCc2ccccc21)C1CCCCC1. The molecule has 0 aromatic heterocycles. The van der Waals surface area contributed by atoms with E-state index < -0.39 is 54.0 Å². The van der Waals surface area contributed by atoms with Gasteiger partial charge in [0, 0.05) is 54.6 Å². The normalized spacial score (nSPS) is 24.7. The van der Waals surface area contributed by atoms with Crippen LogP contribution in [-0.2, 0) is 41.6 Å². The second-order valence-corrected chi connectivity index (χ2v) is 23.4. The summed E-state index contributed by atoms with van der Waals surface area (Å²) in [5.74, 6) is -3.15. The molecule has 0 radical (unpaired) electrons. The predicted octanol–water partition coefficient (Wildman–Crippen LogP) is 6.57. The predicted molar refractivity (Wildman–Crippen MR) is 297 cm³/mol. The number of carbonyl (C=O) groups is 8. The van der Waals surface area contributed by atoms with Crippen molar-refractivity contribution in [3.63, 3.8) is 0 Å². The fourth-order valence-corrected chi connectivity index (χ4v) is 13.4. The number of nitrogens with one attached hydrogen (secondary N) is 6. The van der Waals surface area contributed by atoms with Crippen LogP contribution in [-0.4, -0.2) is 113 Å². The summed E-state index contributed by atoms with van der Waals surface area (Å²) >= 11 is 0. The minimum Gasteiger partial charge on any atom is -0.347 e. The molecule has 16 heteroatoms. The molecule has 2 aliphatic heterocycles. The van der Waals surface area contributed by atoms with Crippen molar-refractivity contribution < 1.29 is 38.4 Å². The zero-order valence-corrected chi connectivity index (χ0v) is 46.2. The number of likely N-dealkylation sites (N-methyl/N-ethyl adjacent to an activating group) is 1. The Kier molecular flexibility index (Phi) is 18.5. The van der Waals surface area contributed by atoms with Crippen molar-refractivity contribution in [2.75, 3.05) is 20.1 Å². The molecule has 6 aliphatic rings. The summed E-state index contributed by atoms with van der Waals surface area (Å²) in [7, 11) is 1.73. The van der Waals surface area contributed by atoms with Crippen molar-refractivity contribution in [2.45, 2.75) is 185 Å². The number of benzene rings is 3. The molecule has 3 aromatic carbocycles. The Morgan fingerprint density at radius 3 is 1.50 bits per heavy atom. The number of amides is 7. The minimum atomic E-state index is -0.886. The lowest BCUT2D eigenvalue weighted by atomic mass is 9.76. The maximum absolute atomic E-state index is 14.9. The monoisotopic (exact) mass is 1070 g/mol. The molecular formula is C62H82N8O8. The first-order chi connectivity index (χ1) is 37.7. The first-order valence-electron chi connectivity index (χ1n) is 29.3. The molecule has 4 aliphatic carbocycles. The van der Waals surface area contributed by atoms with E-state index in [1.807, 2.05) is 50.2 Å². The van der Waals surface area contributed by atoms with Gasteiger partial charge in [-0.1, -0.05) is 101 Å². The molecule has 418 valence electrons. The van der Waals surface area contributed by atoms with Crippen molar-refractivity contribution in [3.05, 3.63) is 106 Å². The van der Waals surface area contributed by atoms with Crippen molar-refractivity contribution in [2.24, 2.45) is 23.7 Å². The number of hydrogen-bond acceptors (Lipinski definition) is 9. The van der Waals surface area contributed by atoms with Gasteiger partial charge in [0.15, 0.2) is 0 Å². The number of fused-ring (bicyclic) bond motifs is 2. The molecule has 78 heavy (non-hydrogen) atoms. The third-order valence-corrected chi connectivity index (χ3v) is 18.4. The number of likely N-dealkylation sites (tertiary alicyclic amines) is 2. The van der Waals surface area contributed by atoms with E-state index in [-0.39, 0.29) is 109 Å². The van der Waals surface area contributed by atoms with Gasteiger partial charge in [0.1, 0.15) is 23.9 Å². The van der Waals surface area contributed by atoms with Gasteiger partial charge in [-0.05, 0) is 143 Å². The smallest absolute Gasteiger partial charge is 0.251 e. The van der Waals surface area contributed by atoms with Crippen molar-refractivity contribution in [3.8, 4) is 0 Å². The Morgan fingerprint density at radius 2 is 1.03 bits per heavy atom. The van der Waals surface area contributed by atoms with Crippen LogP contribution in [0.5, 0.6) is 0 Å². The van der Waals surface area contributed by atoms with Gasteiger partial charge >= 0.3 is 0 Å². The van der Waals surface area contributed by atoms with Gasteiger partial charge in [0.2, 0.25) is 29.5 Å². The average Bonchev–Trinajstić information content (AvgIpc) is 4.31. The van der Waals surface area contributed by atoms with Gasteiger partial charge in [0.25, 0.3) is 11.8 Å². The molecule has 7 amide bonds. The fourth-order valence-electron chi connectivity index (χ4n) is 13.4. The van der Waals surface area contributed by atoms with E-state index in [4.69, 9.17) is 0 Å². The molecule has 2 heterocycles. The molecule has 4 fully saturated rings. The number of aryl methyl sites for hydroxylation is 2. The van der Waals surface area contributed by atoms with Crippen LogP contribution in [0.4, 0.5) is 0 Å². The van der Waals surface area contributed by atoms with Gasteiger partial charge in [-0.25, -0.2) is 0 Å². The first-order valence-corrected chi connectivity index (χ1v) is 29.3. The Hall–Kier alpha value is -6.42. The molecule has 9 rings (SSSR count). The van der Waals surface area contributed by atoms with Gasteiger partial charge in [-0.2, -0.15) is 0 Å². The number of nitrogens with zero attached hydrogens (tertiary/aromatic N) is 2. The molecule has 0 spiro atoms. The molecule has 2 saturated heterocycles. The molecular weight excluding hydrogens is 985 g/mol. The third kappa shape index (κ3) is 12.9. The number of ketones is 1. The van der Waals surface area contributed by atoms with Crippen LogP contribution in [0.3, 0.4) is 0 Å². The lowest BCUT2D eigenvalue weighted by Gasteiger charge is -2.35. The maximum Gasteiger partial charge on any atom is 0.251 e. The topological polar surface area (TPSA) is 215 Å². The molecule has 2 saturated carbocycles. The number of Topliss-reactive ketones (excluding diaryl/α,β-unsaturated/α-hetero) is 1. The van der Waals surface area contributed by atoms with Crippen molar-refractivity contribution in [1.82, 2.24) is 41.7 Å². The van der Waals surface area contributed by atoms with Crippen LogP contribution in [0.2, 0.25) is 0 Å². The molecule has 16 nitrogen and oxygen atoms in total. The summed E-state index contributed by atoms with van der Waals surface area (Å²) in [5.41, 5.74) is 5.05. The van der Waals surface area contributed by atoms with E-state index in [1.165, 1.54) is 11.1 Å². The quantitative estimate of drug-likeness (QED) is 0.0765. The molecule has 3 aromatic rings. The van der Waals surface area contributed by atoms with E-state index in [9.17, 15) is 38.4 Å². The van der Waals surface area contributed by atoms with Gasteiger partial charge in [-0.15, -0.1) is 0 Å². The third-order valence-electron chi connectivity index (χ3n) is 18.4. The van der Waals surface area contributed by atoms with E-state index in [2.05, 4.69) is 44.0 Å². The van der Waals surface area contributed by atoms with Crippen LogP contribution in [0.25, 0.3) is 0 Å². The zero-order valence-electron chi connectivity index (χ0n) is 46.2. The zero-order chi connectivity index (χ0) is 55.0. The molecule has 0 bridgehead atoms. The Labute approximate surface area is 460 Å². The van der Waals surface area contributed by atoms with Crippen LogP contribution < -0.4 is 31.9 Å². The van der Waals surface area contributed by atoms with E-state index in [0.29, 0.717) is 6.42 Å². The Balaban J connectivity index is 0.888. The molecule has 10 atom stereocenters. The highest BCUT2D eigenvalue weighted by atomic mass is 16.2. The highest BCUT2D eigenvalue weighted by Gasteiger charge is 2.47.